The van der Waals surface area contributed by atoms with Crippen LogP contribution in [0.15, 0.2) is 17.0 Å². The summed E-state index contributed by atoms with van der Waals surface area (Å²) in [6.07, 6.45) is 0. The highest BCUT2D eigenvalue weighted by Crippen LogP contribution is 2.33. The van der Waals surface area contributed by atoms with Crippen molar-refractivity contribution >= 4 is 44.8 Å². The van der Waals surface area contributed by atoms with E-state index >= 15 is 0 Å². The van der Waals surface area contributed by atoms with Crippen LogP contribution in [0.25, 0.3) is 0 Å². The lowest BCUT2D eigenvalue weighted by Crippen LogP contribution is -2.20. The zero-order chi connectivity index (χ0) is 16.0. The Kier molecular flexibility index (Phi) is 6.85. The third kappa shape index (κ3) is 5.77. The summed E-state index contributed by atoms with van der Waals surface area (Å²) >= 11 is 11.8. The van der Waals surface area contributed by atoms with Gasteiger partial charge in [-0.3, -0.25) is 4.79 Å². The van der Waals surface area contributed by atoms with Crippen molar-refractivity contribution in [1.82, 2.24) is 0 Å². The fraction of sp³-hybridized carbons (Fsp3) is 0.364. The van der Waals surface area contributed by atoms with E-state index in [2.05, 4.69) is 5.32 Å². The fourth-order valence-electron chi connectivity index (χ4n) is 1.32. The third-order valence-electron chi connectivity index (χ3n) is 2.27. The van der Waals surface area contributed by atoms with Crippen LogP contribution < -0.4 is 10.5 Å². The number of primary sulfonamides is 1. The van der Waals surface area contributed by atoms with Crippen LogP contribution in [-0.4, -0.2) is 41.3 Å². The number of carbonyl (C=O) groups excluding carboxylic acids is 1. The van der Waals surface area contributed by atoms with Gasteiger partial charge in [-0.25, -0.2) is 13.6 Å². The molecule has 0 radical (unpaired) electrons. The van der Waals surface area contributed by atoms with Crippen LogP contribution >= 0.6 is 23.2 Å². The first-order valence-electron chi connectivity index (χ1n) is 5.64. The van der Waals surface area contributed by atoms with Gasteiger partial charge in [0.05, 0.1) is 33.8 Å². The normalized spacial score (nSPS) is 11.4. The molecule has 0 atom stereocenters. The zero-order valence-electron chi connectivity index (χ0n) is 11.1. The van der Waals surface area contributed by atoms with E-state index in [1.807, 2.05) is 0 Å². The molecule has 0 aliphatic carbocycles. The van der Waals surface area contributed by atoms with Gasteiger partial charge in [0.1, 0.15) is 6.61 Å². The van der Waals surface area contributed by atoms with Gasteiger partial charge < -0.3 is 14.8 Å². The van der Waals surface area contributed by atoms with Gasteiger partial charge in [-0.1, -0.05) is 23.2 Å². The monoisotopic (exact) mass is 356 g/mol. The minimum Gasteiger partial charge on any atom is -0.382 e. The number of nitrogens with two attached hydrogens (primary N) is 1. The average Bonchev–Trinajstić information content (AvgIpc) is 2.37. The number of rotatable bonds is 7. The van der Waals surface area contributed by atoms with E-state index in [0.29, 0.717) is 6.61 Å². The molecule has 0 unspecified atom stereocenters. The molecule has 0 aliphatic rings. The van der Waals surface area contributed by atoms with Crippen molar-refractivity contribution in [3.63, 3.8) is 0 Å². The van der Waals surface area contributed by atoms with Crippen molar-refractivity contribution in [3.8, 4) is 0 Å². The Balaban J connectivity index is 2.78. The molecule has 1 amide bonds. The average molecular weight is 357 g/mol. The Morgan fingerprint density at radius 3 is 2.33 bits per heavy atom. The summed E-state index contributed by atoms with van der Waals surface area (Å²) in [4.78, 5) is 11.4. The molecule has 1 aromatic rings. The topological polar surface area (TPSA) is 108 Å². The van der Waals surface area contributed by atoms with Crippen LogP contribution in [-0.2, 0) is 24.3 Å². The first-order valence-corrected chi connectivity index (χ1v) is 7.94. The fourth-order valence-corrected chi connectivity index (χ4v) is 2.59. The molecule has 3 N–H and O–H groups in total. The van der Waals surface area contributed by atoms with E-state index in [0.717, 1.165) is 12.1 Å². The van der Waals surface area contributed by atoms with E-state index < -0.39 is 15.9 Å². The van der Waals surface area contributed by atoms with Gasteiger partial charge in [-0.2, -0.15) is 0 Å². The molecule has 118 valence electrons. The maximum Gasteiger partial charge on any atom is 0.250 e. The molecule has 1 aromatic carbocycles. The molecule has 0 aromatic heterocycles. The molecule has 10 heteroatoms. The Bertz CT molecular complexity index is 598. The molecule has 0 saturated heterocycles. The van der Waals surface area contributed by atoms with Crippen LogP contribution in [0.4, 0.5) is 5.69 Å². The number of nitrogens with one attached hydrogen (secondary N) is 1. The lowest BCUT2D eigenvalue weighted by atomic mass is 10.3. The summed E-state index contributed by atoms with van der Waals surface area (Å²) in [5.41, 5.74) is 0.0890. The Morgan fingerprint density at radius 1 is 1.29 bits per heavy atom. The van der Waals surface area contributed by atoms with Crippen molar-refractivity contribution in [3.05, 3.63) is 22.2 Å². The highest BCUT2D eigenvalue weighted by molar-refractivity contribution is 7.89. The Hall–Kier alpha value is -0.900. The summed E-state index contributed by atoms with van der Waals surface area (Å²) in [5, 5.41) is 7.32. The van der Waals surface area contributed by atoms with E-state index in [1.54, 1.807) is 0 Å². The SMILES string of the molecule is COCCOCC(=O)Nc1c(Cl)cc(S(N)(=O)=O)cc1Cl. The molecule has 21 heavy (non-hydrogen) atoms. The molecule has 0 spiro atoms. The van der Waals surface area contributed by atoms with E-state index in [9.17, 15) is 13.2 Å². The molecule has 0 heterocycles. The number of anilines is 1. The third-order valence-corrected chi connectivity index (χ3v) is 3.76. The molecular formula is C11H14Cl2N2O5S. The highest BCUT2D eigenvalue weighted by Gasteiger charge is 2.16. The second-order valence-corrected chi connectivity index (χ2v) is 6.28. The quantitative estimate of drug-likeness (QED) is 0.714. The number of ether oxygens (including phenoxy) is 2. The van der Waals surface area contributed by atoms with Crippen LogP contribution in [0, 0.1) is 0 Å². The number of carbonyl (C=O) groups is 1. The van der Waals surface area contributed by atoms with Crippen molar-refractivity contribution in [2.75, 3.05) is 32.2 Å². The molecule has 7 nitrogen and oxygen atoms in total. The van der Waals surface area contributed by atoms with Gasteiger partial charge >= 0.3 is 0 Å². The maximum atomic E-state index is 11.6. The summed E-state index contributed by atoms with van der Waals surface area (Å²) in [6, 6.07) is 2.20. The number of methoxy groups -OCH3 is 1. The van der Waals surface area contributed by atoms with Crippen LogP contribution in [0.5, 0.6) is 0 Å². The molecule has 0 bridgehead atoms. The summed E-state index contributed by atoms with van der Waals surface area (Å²) in [6.45, 7) is 0.403. The van der Waals surface area contributed by atoms with Gasteiger partial charge in [0, 0.05) is 7.11 Å². The van der Waals surface area contributed by atoms with Gasteiger partial charge in [0.2, 0.25) is 15.9 Å². The number of benzene rings is 1. The lowest BCUT2D eigenvalue weighted by molar-refractivity contribution is -0.121. The predicted molar refractivity (Wildman–Crippen MR) is 79.2 cm³/mol. The Labute approximate surface area is 132 Å². The smallest absolute Gasteiger partial charge is 0.250 e. The second kappa shape index (κ2) is 7.92. The minimum absolute atomic E-state index is 0.0447. The summed E-state index contributed by atoms with van der Waals surface area (Å²) in [5.74, 6) is -0.488. The van der Waals surface area contributed by atoms with Gasteiger partial charge in [-0.15, -0.1) is 0 Å². The molecule has 0 fully saturated rings. The number of hydrogen-bond donors (Lipinski definition) is 2. The van der Waals surface area contributed by atoms with Crippen molar-refractivity contribution in [2.24, 2.45) is 5.14 Å². The van der Waals surface area contributed by atoms with Crippen molar-refractivity contribution in [1.29, 1.82) is 0 Å². The molecule has 0 saturated carbocycles. The highest BCUT2D eigenvalue weighted by atomic mass is 35.5. The first kappa shape index (κ1) is 18.1. The largest absolute Gasteiger partial charge is 0.382 e. The minimum atomic E-state index is -3.93. The van der Waals surface area contributed by atoms with Crippen LogP contribution in [0.2, 0.25) is 10.0 Å². The molecular weight excluding hydrogens is 343 g/mol. The van der Waals surface area contributed by atoms with Crippen molar-refractivity contribution in [2.45, 2.75) is 4.90 Å². The molecule has 0 aliphatic heterocycles. The van der Waals surface area contributed by atoms with Gasteiger partial charge in [-0.05, 0) is 12.1 Å². The zero-order valence-corrected chi connectivity index (χ0v) is 13.4. The standard InChI is InChI=1S/C11H14Cl2N2O5S/c1-19-2-3-20-6-10(16)15-11-8(12)4-7(5-9(11)13)21(14,17)18/h4-5H,2-3,6H2,1H3,(H,15,16)(H2,14,17,18). The maximum absolute atomic E-state index is 11.6. The Morgan fingerprint density at radius 2 is 1.86 bits per heavy atom. The molecule has 1 rings (SSSR count). The number of hydrogen-bond acceptors (Lipinski definition) is 5. The van der Waals surface area contributed by atoms with Crippen molar-refractivity contribution < 1.29 is 22.7 Å². The number of halogens is 2. The van der Waals surface area contributed by atoms with Crippen LogP contribution in [0.1, 0.15) is 0 Å². The second-order valence-electron chi connectivity index (χ2n) is 3.90. The van der Waals surface area contributed by atoms with E-state index in [1.165, 1.54) is 7.11 Å². The lowest BCUT2D eigenvalue weighted by Gasteiger charge is -2.11. The summed E-state index contributed by atoms with van der Waals surface area (Å²) in [7, 11) is -2.42. The predicted octanol–water partition coefficient (Wildman–Crippen LogP) is 1.24. The van der Waals surface area contributed by atoms with Gasteiger partial charge in [0.25, 0.3) is 0 Å². The van der Waals surface area contributed by atoms with Gasteiger partial charge in [0.15, 0.2) is 0 Å². The number of sulfonamides is 1. The first-order chi connectivity index (χ1) is 9.75. The number of amides is 1. The van der Waals surface area contributed by atoms with Crippen LogP contribution in [0.3, 0.4) is 0 Å². The summed E-state index contributed by atoms with van der Waals surface area (Å²) < 4.78 is 32.2. The van der Waals surface area contributed by atoms with E-state index in [-0.39, 0.29) is 33.8 Å². The van der Waals surface area contributed by atoms with E-state index in [4.69, 9.17) is 37.8 Å².